The Kier molecular flexibility index (Phi) is 5.36. The molecule has 4 aromatic rings. The molecular weight excluding hydrogens is 358 g/mol. The molecule has 1 heterocycles. The van der Waals surface area contributed by atoms with E-state index in [1.807, 2.05) is 27.3 Å². The van der Waals surface area contributed by atoms with Gasteiger partial charge in [-0.1, -0.05) is 71.8 Å². The van der Waals surface area contributed by atoms with Crippen molar-refractivity contribution in [1.82, 2.24) is 9.13 Å². The molecule has 0 spiro atoms. The number of benzene rings is 3. The molecule has 0 saturated carbocycles. The zero-order valence-corrected chi connectivity index (χ0v) is 17.0. The molecule has 0 aliphatic carbocycles. The summed E-state index contributed by atoms with van der Waals surface area (Å²) in [4.78, 5) is 0. The van der Waals surface area contributed by atoms with Gasteiger partial charge in [0.05, 0.1) is 30.2 Å². The summed E-state index contributed by atoms with van der Waals surface area (Å²) in [5.41, 5.74) is 7.19. The maximum atomic E-state index is 10.2. The molecule has 0 bridgehead atoms. The van der Waals surface area contributed by atoms with Crippen LogP contribution in [0.3, 0.4) is 0 Å². The van der Waals surface area contributed by atoms with E-state index in [9.17, 15) is 5.11 Å². The van der Waals surface area contributed by atoms with Gasteiger partial charge in [0.2, 0.25) is 5.62 Å². The molecule has 4 nitrogen and oxygen atoms in total. The fourth-order valence-corrected chi connectivity index (χ4v) is 3.89. The number of nitrogens with one attached hydrogen (secondary N) is 1. The van der Waals surface area contributed by atoms with E-state index in [0.717, 1.165) is 22.2 Å². The van der Waals surface area contributed by atoms with E-state index in [2.05, 4.69) is 68.4 Å². The van der Waals surface area contributed by atoms with Crippen LogP contribution in [0.15, 0.2) is 72.8 Å². The monoisotopic (exact) mass is 385 g/mol. The molecule has 2 N–H and O–H groups in total. The molecular formula is C25H27N3O. The molecule has 0 unspecified atom stereocenters. The first-order valence-electron chi connectivity index (χ1n) is 10.0. The summed E-state index contributed by atoms with van der Waals surface area (Å²) in [5.74, 6) is 0. The Morgan fingerprint density at radius 2 is 1.34 bits per heavy atom. The van der Waals surface area contributed by atoms with Crippen molar-refractivity contribution in [3.63, 3.8) is 0 Å². The number of aliphatic hydroxyl groups excluding tert-OH is 1. The molecule has 29 heavy (non-hydrogen) atoms. The number of fused-ring (bicyclic) bond motifs is 1. The second kappa shape index (κ2) is 8.10. The van der Waals surface area contributed by atoms with Gasteiger partial charge in [-0.25, -0.2) is 0 Å². The van der Waals surface area contributed by atoms with Crippen LogP contribution in [0.4, 0.5) is 0 Å². The van der Waals surface area contributed by atoms with E-state index >= 15 is 0 Å². The van der Waals surface area contributed by atoms with Crippen molar-refractivity contribution in [2.45, 2.75) is 32.9 Å². The lowest BCUT2D eigenvalue weighted by Crippen LogP contribution is -2.30. The van der Waals surface area contributed by atoms with Crippen LogP contribution in [0.25, 0.3) is 11.0 Å². The third-order valence-electron chi connectivity index (χ3n) is 5.55. The smallest absolute Gasteiger partial charge is 0.203 e. The molecule has 1 atom stereocenters. The first kappa shape index (κ1) is 19.2. The molecule has 1 aromatic heterocycles. The normalized spacial score (nSPS) is 12.4. The number of imidazole rings is 1. The van der Waals surface area contributed by atoms with Gasteiger partial charge in [0.15, 0.2) is 0 Å². The molecule has 0 radical (unpaired) electrons. The summed E-state index contributed by atoms with van der Waals surface area (Å²) in [5, 5.41) is 19.1. The highest BCUT2D eigenvalue weighted by Gasteiger charge is 2.18. The van der Waals surface area contributed by atoms with Gasteiger partial charge in [0.1, 0.15) is 0 Å². The van der Waals surface area contributed by atoms with Crippen molar-refractivity contribution in [1.29, 1.82) is 5.41 Å². The summed E-state index contributed by atoms with van der Waals surface area (Å²) in [6, 6.07) is 24.7. The zero-order valence-electron chi connectivity index (χ0n) is 17.0. The van der Waals surface area contributed by atoms with Gasteiger partial charge in [0, 0.05) is 0 Å². The average Bonchev–Trinajstić information content (AvgIpc) is 3.01. The number of aryl methyl sites for hydroxylation is 2. The molecule has 4 heteroatoms. The third-order valence-corrected chi connectivity index (χ3v) is 5.55. The Morgan fingerprint density at radius 3 is 1.93 bits per heavy atom. The molecule has 0 aliphatic heterocycles. The second-order valence-electron chi connectivity index (χ2n) is 7.78. The Bertz CT molecular complexity index is 1170. The van der Waals surface area contributed by atoms with E-state index in [1.54, 1.807) is 0 Å². The topological polar surface area (TPSA) is 53.9 Å². The maximum Gasteiger partial charge on any atom is 0.203 e. The summed E-state index contributed by atoms with van der Waals surface area (Å²) < 4.78 is 4.00. The fourth-order valence-electron chi connectivity index (χ4n) is 3.89. The Labute approximate surface area is 171 Å². The lowest BCUT2D eigenvalue weighted by Gasteiger charge is -2.17. The van der Waals surface area contributed by atoms with Gasteiger partial charge < -0.3 is 14.2 Å². The molecule has 0 fully saturated rings. The standard InChI is InChI=1S/C25H27N3O/c1-18-7-11-20(12-8-18)15-22(17-29)28-24-6-4-3-5-23(24)27(25(28)26)16-21-13-9-19(2)10-14-21/h3-14,22,26,29H,15-17H2,1-2H3/t22-/m0/s1. The van der Waals surface area contributed by atoms with Crippen molar-refractivity contribution in [3.05, 3.63) is 101 Å². The van der Waals surface area contributed by atoms with Crippen LogP contribution in [0.1, 0.15) is 28.3 Å². The highest BCUT2D eigenvalue weighted by molar-refractivity contribution is 5.76. The highest BCUT2D eigenvalue weighted by atomic mass is 16.3. The number of para-hydroxylation sites is 2. The molecule has 0 saturated heterocycles. The third kappa shape index (κ3) is 3.89. The average molecular weight is 386 g/mol. The molecule has 0 aliphatic rings. The maximum absolute atomic E-state index is 10.2. The first-order chi connectivity index (χ1) is 14.1. The van der Waals surface area contributed by atoms with E-state index in [-0.39, 0.29) is 12.6 Å². The van der Waals surface area contributed by atoms with Gasteiger partial charge in [-0.05, 0) is 43.5 Å². The van der Waals surface area contributed by atoms with E-state index in [4.69, 9.17) is 5.41 Å². The first-order valence-corrected chi connectivity index (χ1v) is 10.0. The van der Waals surface area contributed by atoms with E-state index in [1.165, 1.54) is 11.1 Å². The minimum Gasteiger partial charge on any atom is -0.394 e. The van der Waals surface area contributed by atoms with Gasteiger partial charge in [-0.15, -0.1) is 0 Å². The van der Waals surface area contributed by atoms with E-state index < -0.39 is 0 Å². The lowest BCUT2D eigenvalue weighted by molar-refractivity contribution is 0.225. The molecule has 0 amide bonds. The zero-order chi connectivity index (χ0) is 20.4. The van der Waals surface area contributed by atoms with Gasteiger partial charge in [-0.3, -0.25) is 5.41 Å². The molecule has 4 rings (SSSR count). The fraction of sp³-hybridized carbons (Fsp3) is 0.240. The SMILES string of the molecule is Cc1ccc(C[C@@H](CO)n2c(=N)n(Cc3ccc(C)cc3)c3ccccc32)cc1. The Balaban J connectivity index is 1.77. The van der Waals surface area contributed by atoms with Crippen LogP contribution >= 0.6 is 0 Å². The Morgan fingerprint density at radius 1 is 0.793 bits per heavy atom. The summed E-state index contributed by atoms with van der Waals surface area (Å²) in [7, 11) is 0. The number of nitrogens with zero attached hydrogens (tertiary/aromatic N) is 2. The summed E-state index contributed by atoms with van der Waals surface area (Å²) in [6.45, 7) is 4.77. The largest absolute Gasteiger partial charge is 0.394 e. The minimum atomic E-state index is -0.186. The number of rotatable bonds is 6. The van der Waals surface area contributed by atoms with Gasteiger partial charge >= 0.3 is 0 Å². The van der Waals surface area contributed by atoms with Crippen LogP contribution in [-0.4, -0.2) is 20.8 Å². The minimum absolute atomic E-state index is 0.0109. The second-order valence-corrected chi connectivity index (χ2v) is 7.78. The predicted molar refractivity (Wildman–Crippen MR) is 117 cm³/mol. The molecule has 148 valence electrons. The number of aliphatic hydroxyl groups is 1. The summed E-state index contributed by atoms with van der Waals surface area (Å²) in [6.07, 6.45) is 0.686. The predicted octanol–water partition coefficient (Wildman–Crippen LogP) is 4.36. The van der Waals surface area contributed by atoms with Gasteiger partial charge in [-0.2, -0.15) is 0 Å². The molecule has 3 aromatic carbocycles. The van der Waals surface area contributed by atoms with Crippen molar-refractivity contribution < 1.29 is 5.11 Å². The van der Waals surface area contributed by atoms with E-state index in [0.29, 0.717) is 18.6 Å². The number of hydrogen-bond donors (Lipinski definition) is 2. The van der Waals surface area contributed by atoms with Crippen LogP contribution in [-0.2, 0) is 13.0 Å². The quantitative estimate of drug-likeness (QED) is 0.509. The Hall–Kier alpha value is -3.11. The van der Waals surface area contributed by atoms with Crippen molar-refractivity contribution in [2.75, 3.05) is 6.61 Å². The number of hydrogen-bond acceptors (Lipinski definition) is 2. The van der Waals surface area contributed by atoms with Crippen molar-refractivity contribution >= 4 is 11.0 Å². The van der Waals surface area contributed by atoms with Crippen molar-refractivity contribution in [3.8, 4) is 0 Å². The highest BCUT2D eigenvalue weighted by Crippen LogP contribution is 2.21. The van der Waals surface area contributed by atoms with Gasteiger partial charge in [0.25, 0.3) is 0 Å². The lowest BCUT2D eigenvalue weighted by atomic mass is 10.0. The summed E-state index contributed by atoms with van der Waals surface area (Å²) >= 11 is 0. The van der Waals surface area contributed by atoms with Crippen molar-refractivity contribution in [2.24, 2.45) is 0 Å². The van der Waals surface area contributed by atoms with Crippen LogP contribution in [0.2, 0.25) is 0 Å². The number of aromatic nitrogens is 2. The van der Waals surface area contributed by atoms with Crippen LogP contribution < -0.4 is 5.62 Å². The van der Waals surface area contributed by atoms with Crippen LogP contribution in [0, 0.1) is 19.3 Å². The van der Waals surface area contributed by atoms with Crippen LogP contribution in [0.5, 0.6) is 0 Å².